The number of aryl methyl sites for hydroxylation is 1. The number of benzene rings is 1. The monoisotopic (exact) mass is 219 g/mol. The lowest BCUT2D eigenvalue weighted by molar-refractivity contribution is -0.142. The number of likely N-dealkylation sites (tertiary alicyclic amines) is 1. The van der Waals surface area contributed by atoms with Gasteiger partial charge in [0, 0.05) is 6.54 Å². The van der Waals surface area contributed by atoms with Crippen LogP contribution < -0.4 is 0 Å². The van der Waals surface area contributed by atoms with Gasteiger partial charge < -0.3 is 5.11 Å². The minimum Gasteiger partial charge on any atom is -0.480 e. The summed E-state index contributed by atoms with van der Waals surface area (Å²) in [6.45, 7) is 3.70. The normalized spacial score (nSPS) is 21.2. The summed E-state index contributed by atoms with van der Waals surface area (Å²) in [5, 5.41) is 9.07. The van der Waals surface area contributed by atoms with E-state index in [0.29, 0.717) is 0 Å². The predicted molar refractivity (Wildman–Crippen MR) is 62.2 cm³/mol. The molecule has 2 rings (SSSR count). The highest BCUT2D eigenvalue weighted by molar-refractivity contribution is 5.73. The third kappa shape index (κ3) is 2.42. The lowest BCUT2D eigenvalue weighted by Gasteiger charge is -2.21. The lowest BCUT2D eigenvalue weighted by Crippen LogP contribution is -2.35. The molecule has 0 amide bonds. The largest absolute Gasteiger partial charge is 0.480 e. The highest BCUT2D eigenvalue weighted by Crippen LogP contribution is 2.20. The molecule has 3 nitrogen and oxygen atoms in total. The van der Waals surface area contributed by atoms with Gasteiger partial charge in [-0.25, -0.2) is 0 Å². The molecule has 1 aromatic carbocycles. The van der Waals surface area contributed by atoms with Gasteiger partial charge in [0.25, 0.3) is 0 Å². The van der Waals surface area contributed by atoms with Gasteiger partial charge in [0.2, 0.25) is 0 Å². The van der Waals surface area contributed by atoms with Gasteiger partial charge in [-0.1, -0.05) is 29.8 Å². The molecular weight excluding hydrogens is 202 g/mol. The minimum absolute atomic E-state index is 0.291. The molecule has 16 heavy (non-hydrogen) atoms. The van der Waals surface area contributed by atoms with Crippen LogP contribution in [0.2, 0.25) is 0 Å². The summed E-state index contributed by atoms with van der Waals surface area (Å²) in [4.78, 5) is 13.1. The fourth-order valence-corrected chi connectivity index (χ4v) is 2.34. The maximum Gasteiger partial charge on any atom is 0.320 e. The maximum absolute atomic E-state index is 11.0. The second-order valence-corrected chi connectivity index (χ2v) is 4.46. The summed E-state index contributed by atoms with van der Waals surface area (Å²) < 4.78 is 0. The van der Waals surface area contributed by atoms with Crippen LogP contribution in [0.15, 0.2) is 24.3 Å². The van der Waals surface area contributed by atoms with Crippen LogP contribution >= 0.6 is 0 Å². The fraction of sp³-hybridized carbons (Fsp3) is 0.462. The minimum atomic E-state index is -0.690. The maximum atomic E-state index is 11.0. The Balaban J connectivity index is 2.06. The van der Waals surface area contributed by atoms with E-state index in [4.69, 9.17) is 5.11 Å². The number of aliphatic carboxylic acids is 1. The highest BCUT2D eigenvalue weighted by atomic mass is 16.4. The van der Waals surface area contributed by atoms with Crippen molar-refractivity contribution in [3.8, 4) is 0 Å². The number of rotatable bonds is 3. The molecule has 1 aliphatic heterocycles. The average molecular weight is 219 g/mol. The molecule has 1 fully saturated rings. The Morgan fingerprint density at radius 3 is 3.06 bits per heavy atom. The molecule has 0 bridgehead atoms. The molecular formula is C13H17NO2. The van der Waals surface area contributed by atoms with E-state index in [1.165, 1.54) is 11.1 Å². The zero-order valence-electron chi connectivity index (χ0n) is 9.52. The predicted octanol–water partition coefficient (Wildman–Crippen LogP) is 2.04. The average Bonchev–Trinajstić information content (AvgIpc) is 2.66. The zero-order chi connectivity index (χ0) is 11.5. The SMILES string of the molecule is Cc1cccc(CN2CCC[C@H]2C(=O)O)c1. The fourth-order valence-electron chi connectivity index (χ4n) is 2.34. The van der Waals surface area contributed by atoms with E-state index in [-0.39, 0.29) is 6.04 Å². The van der Waals surface area contributed by atoms with Crippen LogP contribution in [0, 0.1) is 6.92 Å². The van der Waals surface area contributed by atoms with Crippen LogP contribution in [-0.4, -0.2) is 28.6 Å². The van der Waals surface area contributed by atoms with Gasteiger partial charge >= 0.3 is 5.97 Å². The van der Waals surface area contributed by atoms with Gasteiger partial charge in [0.15, 0.2) is 0 Å². The molecule has 0 aliphatic carbocycles. The number of nitrogens with zero attached hydrogens (tertiary/aromatic N) is 1. The Bertz CT molecular complexity index is 389. The van der Waals surface area contributed by atoms with Crippen LogP contribution in [0.1, 0.15) is 24.0 Å². The summed E-state index contributed by atoms with van der Waals surface area (Å²) in [6.07, 6.45) is 1.77. The molecule has 0 aromatic heterocycles. The molecule has 1 heterocycles. The van der Waals surface area contributed by atoms with Crippen molar-refractivity contribution in [1.82, 2.24) is 4.90 Å². The van der Waals surface area contributed by atoms with E-state index in [1.807, 2.05) is 6.07 Å². The molecule has 1 atom stereocenters. The topological polar surface area (TPSA) is 40.5 Å². The van der Waals surface area contributed by atoms with E-state index in [9.17, 15) is 4.79 Å². The third-order valence-corrected chi connectivity index (χ3v) is 3.12. The third-order valence-electron chi connectivity index (χ3n) is 3.12. The van der Waals surface area contributed by atoms with Crippen LogP contribution in [-0.2, 0) is 11.3 Å². The van der Waals surface area contributed by atoms with E-state index in [2.05, 4.69) is 30.0 Å². The van der Waals surface area contributed by atoms with Crippen molar-refractivity contribution in [2.24, 2.45) is 0 Å². The number of carboxylic acid groups (broad SMARTS) is 1. The zero-order valence-corrected chi connectivity index (χ0v) is 9.52. The van der Waals surface area contributed by atoms with Crippen LogP contribution in [0.25, 0.3) is 0 Å². The summed E-state index contributed by atoms with van der Waals surface area (Å²) in [7, 11) is 0. The van der Waals surface area contributed by atoms with Crippen molar-refractivity contribution in [3.05, 3.63) is 35.4 Å². The van der Waals surface area contributed by atoms with E-state index < -0.39 is 5.97 Å². The summed E-state index contributed by atoms with van der Waals surface area (Å²) >= 11 is 0. The lowest BCUT2D eigenvalue weighted by atomic mass is 10.1. The number of hydrogen-bond acceptors (Lipinski definition) is 2. The van der Waals surface area contributed by atoms with Crippen molar-refractivity contribution in [3.63, 3.8) is 0 Å². The first-order chi connectivity index (χ1) is 7.66. The molecule has 1 aliphatic rings. The molecule has 1 N–H and O–H groups in total. The number of carboxylic acids is 1. The first-order valence-corrected chi connectivity index (χ1v) is 5.69. The molecule has 0 unspecified atom stereocenters. The summed E-state index contributed by atoms with van der Waals surface area (Å²) in [6, 6.07) is 7.97. The Hall–Kier alpha value is -1.35. The van der Waals surface area contributed by atoms with Gasteiger partial charge in [-0.15, -0.1) is 0 Å². The Labute approximate surface area is 95.7 Å². The van der Waals surface area contributed by atoms with Gasteiger partial charge in [0.05, 0.1) is 0 Å². The van der Waals surface area contributed by atoms with Crippen LogP contribution in [0.5, 0.6) is 0 Å². The Morgan fingerprint density at radius 1 is 1.56 bits per heavy atom. The van der Waals surface area contributed by atoms with Gasteiger partial charge in [0.1, 0.15) is 6.04 Å². The smallest absolute Gasteiger partial charge is 0.320 e. The first-order valence-electron chi connectivity index (χ1n) is 5.69. The van der Waals surface area contributed by atoms with Crippen molar-refractivity contribution >= 4 is 5.97 Å². The standard InChI is InChI=1S/C13H17NO2/c1-10-4-2-5-11(8-10)9-14-7-3-6-12(14)13(15)16/h2,4-5,8,12H,3,6-7,9H2,1H3,(H,15,16)/t12-/m0/s1. The molecule has 1 saturated heterocycles. The van der Waals surface area contributed by atoms with Crippen LogP contribution in [0.3, 0.4) is 0 Å². The van der Waals surface area contributed by atoms with Gasteiger partial charge in [-0.05, 0) is 31.9 Å². The second-order valence-electron chi connectivity index (χ2n) is 4.46. The second kappa shape index (κ2) is 4.66. The number of carbonyl (C=O) groups is 1. The Kier molecular flexibility index (Phi) is 3.25. The van der Waals surface area contributed by atoms with Gasteiger partial charge in [-0.3, -0.25) is 9.69 Å². The van der Waals surface area contributed by atoms with E-state index in [0.717, 1.165) is 25.9 Å². The molecule has 3 heteroatoms. The van der Waals surface area contributed by atoms with Crippen molar-refractivity contribution in [2.45, 2.75) is 32.4 Å². The quantitative estimate of drug-likeness (QED) is 0.845. The molecule has 86 valence electrons. The van der Waals surface area contributed by atoms with E-state index in [1.54, 1.807) is 0 Å². The molecule has 1 aromatic rings. The van der Waals surface area contributed by atoms with Gasteiger partial charge in [-0.2, -0.15) is 0 Å². The van der Waals surface area contributed by atoms with Crippen LogP contribution in [0.4, 0.5) is 0 Å². The van der Waals surface area contributed by atoms with E-state index >= 15 is 0 Å². The number of hydrogen-bond donors (Lipinski definition) is 1. The molecule has 0 spiro atoms. The van der Waals surface area contributed by atoms with Crippen molar-refractivity contribution in [2.75, 3.05) is 6.54 Å². The highest BCUT2D eigenvalue weighted by Gasteiger charge is 2.30. The van der Waals surface area contributed by atoms with Crippen molar-refractivity contribution in [1.29, 1.82) is 0 Å². The summed E-state index contributed by atoms with van der Waals surface area (Å²) in [5.74, 6) is -0.690. The Morgan fingerprint density at radius 2 is 2.38 bits per heavy atom. The molecule has 0 saturated carbocycles. The van der Waals surface area contributed by atoms with Crippen molar-refractivity contribution < 1.29 is 9.90 Å². The summed E-state index contributed by atoms with van der Waals surface area (Å²) in [5.41, 5.74) is 2.43. The first kappa shape index (κ1) is 11.1. The molecule has 0 radical (unpaired) electrons.